The van der Waals surface area contributed by atoms with Crippen molar-refractivity contribution in [1.29, 1.82) is 0 Å². The lowest BCUT2D eigenvalue weighted by molar-refractivity contribution is 0.0991. The molecule has 0 saturated heterocycles. The van der Waals surface area contributed by atoms with E-state index in [1.165, 1.54) is 14.2 Å². The number of amides is 1. The molecule has 0 aliphatic rings. The molecule has 28 heavy (non-hydrogen) atoms. The second-order valence-corrected chi connectivity index (χ2v) is 5.64. The number of benzene rings is 2. The van der Waals surface area contributed by atoms with Gasteiger partial charge in [0.05, 0.1) is 14.2 Å². The van der Waals surface area contributed by atoms with Crippen molar-refractivity contribution in [2.24, 2.45) is 5.73 Å². The number of aromatic nitrogens is 1. The maximum absolute atomic E-state index is 14.2. The van der Waals surface area contributed by atoms with E-state index in [4.69, 9.17) is 24.5 Å². The summed E-state index contributed by atoms with van der Waals surface area (Å²) in [5.41, 5.74) is 5.32. The lowest BCUT2D eigenvalue weighted by atomic mass is 10.1. The van der Waals surface area contributed by atoms with Gasteiger partial charge in [-0.25, -0.2) is 8.78 Å². The van der Waals surface area contributed by atoms with E-state index in [1.807, 2.05) is 0 Å². The largest absolute Gasteiger partial charge is 0.493 e. The van der Waals surface area contributed by atoms with Gasteiger partial charge < -0.3 is 24.5 Å². The Balaban J connectivity index is 1.78. The summed E-state index contributed by atoms with van der Waals surface area (Å²) in [5, 5.41) is 3.93. The van der Waals surface area contributed by atoms with Crippen molar-refractivity contribution >= 4 is 5.91 Å². The van der Waals surface area contributed by atoms with Crippen LogP contribution < -0.4 is 19.9 Å². The summed E-state index contributed by atoms with van der Waals surface area (Å²) < 4.78 is 48.6. The predicted octanol–water partition coefficient (Wildman–Crippen LogP) is 3.31. The SMILES string of the molecule is COc1ccc(-c2cc(COc3ccc(F)c(C(N)=O)c3F)on2)cc1OC. The van der Waals surface area contributed by atoms with Crippen LogP contribution in [0.3, 0.4) is 0 Å². The summed E-state index contributed by atoms with van der Waals surface area (Å²) in [6.45, 7) is -0.193. The lowest BCUT2D eigenvalue weighted by Gasteiger charge is -2.08. The van der Waals surface area contributed by atoms with Crippen LogP contribution in [0.4, 0.5) is 8.78 Å². The topological polar surface area (TPSA) is 96.8 Å². The summed E-state index contributed by atoms with van der Waals surface area (Å²) in [4.78, 5) is 11.2. The summed E-state index contributed by atoms with van der Waals surface area (Å²) in [6.07, 6.45) is 0. The van der Waals surface area contributed by atoms with Gasteiger partial charge in [-0.1, -0.05) is 5.16 Å². The molecule has 0 aliphatic heterocycles. The molecule has 0 atom stereocenters. The van der Waals surface area contributed by atoms with E-state index in [0.717, 1.165) is 12.1 Å². The summed E-state index contributed by atoms with van der Waals surface area (Å²) >= 11 is 0. The first kappa shape index (κ1) is 19.2. The van der Waals surface area contributed by atoms with Crippen LogP contribution in [0, 0.1) is 11.6 Å². The molecule has 0 radical (unpaired) electrons. The molecule has 3 rings (SSSR count). The van der Waals surface area contributed by atoms with Crippen LogP contribution in [0.25, 0.3) is 11.3 Å². The number of ether oxygens (including phenoxy) is 3. The molecule has 9 heteroatoms. The molecule has 0 bridgehead atoms. The Morgan fingerprint density at radius 2 is 1.79 bits per heavy atom. The number of primary amides is 1. The molecule has 2 N–H and O–H groups in total. The van der Waals surface area contributed by atoms with Gasteiger partial charge in [0.1, 0.15) is 23.7 Å². The van der Waals surface area contributed by atoms with E-state index in [9.17, 15) is 13.6 Å². The molecule has 0 saturated carbocycles. The molecule has 1 heterocycles. The number of rotatable bonds is 7. The van der Waals surface area contributed by atoms with Gasteiger partial charge in [-0.2, -0.15) is 0 Å². The first-order chi connectivity index (χ1) is 13.4. The van der Waals surface area contributed by atoms with Crippen LogP contribution >= 0.6 is 0 Å². The van der Waals surface area contributed by atoms with Gasteiger partial charge in [-0.3, -0.25) is 4.79 Å². The Labute approximate surface area is 158 Å². The average molecular weight is 390 g/mol. The third-order valence-electron chi connectivity index (χ3n) is 3.91. The molecule has 0 unspecified atom stereocenters. The lowest BCUT2D eigenvalue weighted by Crippen LogP contribution is -2.16. The number of halogens is 2. The zero-order valence-corrected chi connectivity index (χ0v) is 15.0. The maximum atomic E-state index is 14.2. The first-order valence-electron chi connectivity index (χ1n) is 8.03. The number of nitrogens with two attached hydrogens (primary N) is 1. The number of carbonyl (C=O) groups is 1. The van der Waals surface area contributed by atoms with Crippen molar-refractivity contribution < 1.29 is 32.3 Å². The minimum absolute atomic E-state index is 0.193. The highest BCUT2D eigenvalue weighted by Crippen LogP contribution is 2.32. The van der Waals surface area contributed by atoms with Gasteiger partial charge >= 0.3 is 0 Å². The molecule has 1 aromatic heterocycles. The number of hydrogen-bond donors (Lipinski definition) is 1. The van der Waals surface area contributed by atoms with Crippen LogP contribution in [0.15, 0.2) is 40.9 Å². The second-order valence-electron chi connectivity index (χ2n) is 5.64. The van der Waals surface area contributed by atoms with Crippen LogP contribution in [0.5, 0.6) is 17.2 Å². The van der Waals surface area contributed by atoms with E-state index < -0.39 is 23.1 Å². The summed E-state index contributed by atoms with van der Waals surface area (Å²) in [7, 11) is 3.04. The minimum atomic E-state index is -1.23. The summed E-state index contributed by atoms with van der Waals surface area (Å²) in [6, 6.07) is 8.76. The number of methoxy groups -OCH3 is 2. The Bertz CT molecular complexity index is 1020. The molecular formula is C19H16F2N2O5. The van der Waals surface area contributed by atoms with Crippen molar-refractivity contribution in [2.45, 2.75) is 6.61 Å². The van der Waals surface area contributed by atoms with E-state index in [2.05, 4.69) is 5.16 Å². The Morgan fingerprint density at radius 1 is 1.07 bits per heavy atom. The van der Waals surface area contributed by atoms with Crippen molar-refractivity contribution in [3.05, 3.63) is 59.4 Å². The van der Waals surface area contributed by atoms with Crippen LogP contribution in [0.1, 0.15) is 16.1 Å². The Morgan fingerprint density at radius 3 is 2.46 bits per heavy atom. The molecule has 3 aromatic rings. The van der Waals surface area contributed by atoms with Crippen LogP contribution in [-0.4, -0.2) is 25.3 Å². The van der Waals surface area contributed by atoms with E-state index >= 15 is 0 Å². The predicted molar refractivity (Wildman–Crippen MR) is 94.3 cm³/mol. The fraction of sp³-hybridized carbons (Fsp3) is 0.158. The minimum Gasteiger partial charge on any atom is -0.493 e. The highest BCUT2D eigenvalue weighted by molar-refractivity contribution is 5.93. The fourth-order valence-electron chi connectivity index (χ4n) is 2.53. The molecule has 2 aromatic carbocycles. The third-order valence-corrected chi connectivity index (χ3v) is 3.91. The Kier molecular flexibility index (Phi) is 5.44. The standard InChI is InChI=1S/C19H16F2N2O5/c1-25-14-5-3-10(7-16(14)26-2)13-8-11(28-23-13)9-27-15-6-4-12(20)17(18(15)21)19(22)24/h3-8H,9H2,1-2H3,(H2,22,24). The van der Waals surface area contributed by atoms with Gasteiger partial charge in [0.15, 0.2) is 28.8 Å². The van der Waals surface area contributed by atoms with Crippen molar-refractivity contribution in [3.63, 3.8) is 0 Å². The van der Waals surface area contributed by atoms with Gasteiger partial charge in [0, 0.05) is 11.6 Å². The van der Waals surface area contributed by atoms with Crippen LogP contribution in [-0.2, 0) is 6.61 Å². The van der Waals surface area contributed by atoms with Crippen molar-refractivity contribution in [3.8, 4) is 28.5 Å². The van der Waals surface area contributed by atoms with E-state index in [1.54, 1.807) is 24.3 Å². The maximum Gasteiger partial charge on any atom is 0.254 e. The highest BCUT2D eigenvalue weighted by Gasteiger charge is 2.20. The quantitative estimate of drug-likeness (QED) is 0.665. The average Bonchev–Trinajstić information content (AvgIpc) is 3.15. The molecule has 1 amide bonds. The Hall–Kier alpha value is -3.62. The van der Waals surface area contributed by atoms with E-state index in [-0.39, 0.29) is 18.1 Å². The number of carbonyl (C=O) groups excluding carboxylic acids is 1. The molecule has 146 valence electrons. The van der Waals surface area contributed by atoms with Crippen molar-refractivity contribution in [1.82, 2.24) is 5.16 Å². The van der Waals surface area contributed by atoms with Gasteiger partial charge in [-0.15, -0.1) is 0 Å². The molecular weight excluding hydrogens is 374 g/mol. The summed E-state index contributed by atoms with van der Waals surface area (Å²) in [5.74, 6) is -2.42. The van der Waals surface area contributed by atoms with Gasteiger partial charge in [0.25, 0.3) is 5.91 Å². The molecule has 7 nitrogen and oxygen atoms in total. The fourth-order valence-corrected chi connectivity index (χ4v) is 2.53. The third kappa shape index (κ3) is 3.73. The van der Waals surface area contributed by atoms with Gasteiger partial charge in [0.2, 0.25) is 0 Å². The molecule has 0 aliphatic carbocycles. The zero-order chi connectivity index (χ0) is 20.3. The smallest absolute Gasteiger partial charge is 0.254 e. The van der Waals surface area contributed by atoms with Gasteiger partial charge in [-0.05, 0) is 30.3 Å². The molecule has 0 spiro atoms. The highest BCUT2D eigenvalue weighted by atomic mass is 19.1. The zero-order valence-electron chi connectivity index (χ0n) is 15.0. The monoisotopic (exact) mass is 390 g/mol. The number of hydrogen-bond acceptors (Lipinski definition) is 6. The molecule has 0 fully saturated rings. The first-order valence-corrected chi connectivity index (χ1v) is 8.03. The normalized spacial score (nSPS) is 10.6. The van der Waals surface area contributed by atoms with Crippen molar-refractivity contribution in [2.75, 3.05) is 14.2 Å². The number of nitrogens with zero attached hydrogens (tertiary/aromatic N) is 1. The van der Waals surface area contributed by atoms with Crippen LogP contribution in [0.2, 0.25) is 0 Å². The second kappa shape index (κ2) is 7.95. The van der Waals surface area contributed by atoms with E-state index in [0.29, 0.717) is 22.8 Å².